The molecular formula is C13H18ClN3O2. The smallest absolute Gasteiger partial charge is 0.311 e. The lowest BCUT2D eigenvalue weighted by atomic mass is 10.0. The van der Waals surface area contributed by atoms with E-state index in [2.05, 4.69) is 17.2 Å². The molecule has 0 saturated heterocycles. The number of hydrogen-bond acceptors (Lipinski definition) is 4. The van der Waals surface area contributed by atoms with Gasteiger partial charge in [-0.25, -0.2) is 4.98 Å². The van der Waals surface area contributed by atoms with Crippen LogP contribution < -0.4 is 5.32 Å². The van der Waals surface area contributed by atoms with Crippen LogP contribution in [-0.4, -0.2) is 15.9 Å². The summed E-state index contributed by atoms with van der Waals surface area (Å²) >= 11 is 5.82. The molecule has 1 aromatic heterocycles. The summed E-state index contributed by atoms with van der Waals surface area (Å²) in [4.78, 5) is 14.6. The molecule has 1 aliphatic rings. The molecule has 19 heavy (non-hydrogen) atoms. The van der Waals surface area contributed by atoms with Crippen LogP contribution in [0.4, 0.5) is 11.5 Å². The van der Waals surface area contributed by atoms with E-state index in [-0.39, 0.29) is 22.7 Å². The highest BCUT2D eigenvalue weighted by molar-refractivity contribution is 6.29. The molecule has 1 heterocycles. The largest absolute Gasteiger partial charge is 0.362 e. The third-order valence-electron chi connectivity index (χ3n) is 3.63. The van der Waals surface area contributed by atoms with E-state index in [0.717, 1.165) is 31.6 Å². The zero-order chi connectivity index (χ0) is 13.8. The van der Waals surface area contributed by atoms with Crippen molar-refractivity contribution in [3.63, 3.8) is 0 Å². The molecule has 0 amide bonds. The fourth-order valence-corrected chi connectivity index (χ4v) is 2.65. The molecule has 0 aliphatic heterocycles. The molecule has 0 radical (unpaired) electrons. The van der Waals surface area contributed by atoms with Gasteiger partial charge in [0, 0.05) is 12.1 Å². The molecule has 1 N–H and O–H groups in total. The van der Waals surface area contributed by atoms with Gasteiger partial charge in [0.25, 0.3) is 0 Å². The molecule has 1 aliphatic carbocycles. The normalized spacial score (nSPS) is 23.7. The van der Waals surface area contributed by atoms with Gasteiger partial charge in [-0.05, 0) is 31.2 Å². The van der Waals surface area contributed by atoms with Crippen molar-refractivity contribution in [2.45, 2.75) is 45.1 Å². The lowest BCUT2D eigenvalue weighted by Crippen LogP contribution is -2.20. The van der Waals surface area contributed by atoms with Crippen molar-refractivity contribution in [2.24, 2.45) is 5.92 Å². The summed E-state index contributed by atoms with van der Waals surface area (Å²) in [6.45, 7) is 2.25. The fourth-order valence-electron chi connectivity index (χ4n) is 2.51. The molecule has 2 rings (SSSR count). The van der Waals surface area contributed by atoms with E-state index in [0.29, 0.717) is 0 Å². The van der Waals surface area contributed by atoms with Crippen molar-refractivity contribution in [3.8, 4) is 0 Å². The van der Waals surface area contributed by atoms with Crippen molar-refractivity contribution in [1.82, 2.24) is 4.98 Å². The highest BCUT2D eigenvalue weighted by Crippen LogP contribution is 2.29. The Morgan fingerprint density at radius 1 is 1.37 bits per heavy atom. The Morgan fingerprint density at radius 3 is 2.89 bits per heavy atom. The van der Waals surface area contributed by atoms with Crippen LogP contribution in [0, 0.1) is 16.0 Å². The minimum absolute atomic E-state index is 0.0123. The van der Waals surface area contributed by atoms with Crippen LogP contribution in [0.5, 0.6) is 0 Å². The van der Waals surface area contributed by atoms with Gasteiger partial charge in [-0.1, -0.05) is 31.4 Å². The Labute approximate surface area is 117 Å². The second kappa shape index (κ2) is 6.19. The number of aromatic nitrogens is 1. The summed E-state index contributed by atoms with van der Waals surface area (Å²) in [7, 11) is 0. The number of pyridine rings is 1. The molecule has 104 valence electrons. The molecule has 2 unspecified atom stereocenters. The minimum Gasteiger partial charge on any atom is -0.362 e. The van der Waals surface area contributed by atoms with Crippen LogP contribution >= 0.6 is 11.6 Å². The summed E-state index contributed by atoms with van der Waals surface area (Å²) in [5.41, 5.74) is -0.0123. The molecule has 1 aromatic rings. The number of anilines is 1. The van der Waals surface area contributed by atoms with Crippen LogP contribution in [0.1, 0.15) is 39.0 Å². The van der Waals surface area contributed by atoms with E-state index in [4.69, 9.17) is 11.6 Å². The highest BCUT2D eigenvalue weighted by Gasteiger charge is 2.21. The zero-order valence-corrected chi connectivity index (χ0v) is 11.7. The molecule has 0 spiro atoms. The first kappa shape index (κ1) is 14.1. The Bertz CT molecular complexity index is 467. The molecular weight excluding hydrogens is 266 g/mol. The van der Waals surface area contributed by atoms with Gasteiger partial charge in [0.2, 0.25) is 5.82 Å². The topological polar surface area (TPSA) is 68.1 Å². The average molecular weight is 284 g/mol. The number of rotatable bonds is 3. The lowest BCUT2D eigenvalue weighted by molar-refractivity contribution is -0.384. The van der Waals surface area contributed by atoms with Crippen LogP contribution in [0.25, 0.3) is 0 Å². The Morgan fingerprint density at radius 2 is 2.16 bits per heavy atom. The molecule has 0 bridgehead atoms. The Hall–Kier alpha value is -1.36. The van der Waals surface area contributed by atoms with Crippen molar-refractivity contribution >= 4 is 23.1 Å². The third kappa shape index (κ3) is 3.80. The molecule has 5 nitrogen and oxygen atoms in total. The van der Waals surface area contributed by atoms with Gasteiger partial charge in [-0.15, -0.1) is 0 Å². The second-order valence-electron chi connectivity index (χ2n) is 5.21. The number of halogens is 1. The van der Waals surface area contributed by atoms with E-state index in [1.807, 2.05) is 0 Å². The quantitative estimate of drug-likeness (QED) is 0.394. The molecule has 0 aromatic carbocycles. The van der Waals surface area contributed by atoms with E-state index in [1.54, 1.807) is 0 Å². The van der Waals surface area contributed by atoms with Crippen LogP contribution in [-0.2, 0) is 0 Å². The maximum absolute atomic E-state index is 11.0. The van der Waals surface area contributed by atoms with Gasteiger partial charge >= 0.3 is 5.69 Å². The first-order chi connectivity index (χ1) is 9.06. The Balaban J connectivity index is 2.13. The van der Waals surface area contributed by atoms with E-state index in [9.17, 15) is 10.1 Å². The van der Waals surface area contributed by atoms with Gasteiger partial charge in [0.1, 0.15) is 5.15 Å². The van der Waals surface area contributed by atoms with Crippen LogP contribution in [0.15, 0.2) is 12.1 Å². The predicted molar refractivity (Wildman–Crippen MR) is 75.6 cm³/mol. The fraction of sp³-hybridized carbons (Fsp3) is 0.615. The SMILES string of the molecule is CC1CCCC(Nc2nc(Cl)ccc2[N+](=O)[O-])CC1. The third-order valence-corrected chi connectivity index (χ3v) is 3.85. The van der Waals surface area contributed by atoms with Crippen LogP contribution in [0.2, 0.25) is 5.15 Å². The maximum atomic E-state index is 11.0. The van der Waals surface area contributed by atoms with Crippen molar-refractivity contribution in [1.29, 1.82) is 0 Å². The molecule has 1 saturated carbocycles. The summed E-state index contributed by atoms with van der Waals surface area (Å²) in [5, 5.41) is 14.4. The van der Waals surface area contributed by atoms with Gasteiger partial charge < -0.3 is 5.32 Å². The lowest BCUT2D eigenvalue weighted by Gasteiger charge is -2.17. The highest BCUT2D eigenvalue weighted by atomic mass is 35.5. The van der Waals surface area contributed by atoms with Crippen molar-refractivity contribution < 1.29 is 4.92 Å². The number of nitrogens with one attached hydrogen (secondary N) is 1. The summed E-state index contributed by atoms with van der Waals surface area (Å²) in [5.74, 6) is 1.02. The van der Waals surface area contributed by atoms with Gasteiger partial charge in [-0.3, -0.25) is 10.1 Å². The minimum atomic E-state index is -0.426. The zero-order valence-electron chi connectivity index (χ0n) is 10.9. The number of hydrogen-bond donors (Lipinski definition) is 1. The molecule has 1 fully saturated rings. The molecule has 6 heteroatoms. The maximum Gasteiger partial charge on any atom is 0.311 e. The van der Waals surface area contributed by atoms with E-state index < -0.39 is 4.92 Å². The van der Waals surface area contributed by atoms with E-state index >= 15 is 0 Å². The second-order valence-corrected chi connectivity index (χ2v) is 5.60. The monoisotopic (exact) mass is 283 g/mol. The van der Waals surface area contributed by atoms with Crippen LogP contribution in [0.3, 0.4) is 0 Å². The Kier molecular flexibility index (Phi) is 4.58. The summed E-state index contributed by atoms with van der Waals surface area (Å²) in [6.07, 6.45) is 5.56. The standard InChI is InChI=1S/C13H18ClN3O2/c1-9-3-2-4-10(6-5-9)15-13-11(17(18)19)7-8-12(14)16-13/h7-10H,2-6H2,1H3,(H,15,16). The number of nitrogens with zero attached hydrogens (tertiary/aromatic N) is 2. The van der Waals surface area contributed by atoms with Gasteiger partial charge in [0.15, 0.2) is 0 Å². The number of nitro groups is 1. The van der Waals surface area contributed by atoms with E-state index in [1.165, 1.54) is 18.6 Å². The molecule has 2 atom stereocenters. The first-order valence-electron chi connectivity index (χ1n) is 6.63. The average Bonchev–Trinajstić information content (AvgIpc) is 2.54. The van der Waals surface area contributed by atoms with Gasteiger partial charge in [0.05, 0.1) is 4.92 Å². The first-order valence-corrected chi connectivity index (χ1v) is 7.01. The summed E-state index contributed by atoms with van der Waals surface area (Å²) < 4.78 is 0. The van der Waals surface area contributed by atoms with Gasteiger partial charge in [-0.2, -0.15) is 0 Å². The van der Waals surface area contributed by atoms with Crippen molar-refractivity contribution in [3.05, 3.63) is 27.4 Å². The van der Waals surface area contributed by atoms with Crippen molar-refractivity contribution in [2.75, 3.05) is 5.32 Å². The summed E-state index contributed by atoms with van der Waals surface area (Å²) in [6, 6.07) is 3.09. The predicted octanol–water partition coefficient (Wildman–Crippen LogP) is 4.02.